The van der Waals surface area contributed by atoms with Crippen LogP contribution in [-0.2, 0) is 6.42 Å². The van der Waals surface area contributed by atoms with Crippen LogP contribution in [0, 0.1) is 0 Å². The second-order valence-corrected chi connectivity index (χ2v) is 7.49. The minimum absolute atomic E-state index is 0.0745. The van der Waals surface area contributed by atoms with Gasteiger partial charge in [0.15, 0.2) is 5.69 Å². The van der Waals surface area contributed by atoms with Gasteiger partial charge in [-0.25, -0.2) is 0 Å². The summed E-state index contributed by atoms with van der Waals surface area (Å²) in [6, 6.07) is 6.58. The predicted molar refractivity (Wildman–Crippen MR) is 108 cm³/mol. The third kappa shape index (κ3) is 3.08. The molecule has 1 aromatic carbocycles. The molecule has 0 aliphatic carbocycles. The minimum atomic E-state index is -0.486. The topological polar surface area (TPSA) is 109 Å². The quantitative estimate of drug-likeness (QED) is 0.550. The molecule has 0 saturated heterocycles. The Hall–Kier alpha value is -3.04. The fourth-order valence-electron chi connectivity index (χ4n) is 2.87. The van der Waals surface area contributed by atoms with Crippen LogP contribution in [0.4, 0.5) is 5.00 Å². The molecular formula is C18H15ClN6O2S. The second kappa shape index (κ2) is 7.17. The zero-order valence-electron chi connectivity index (χ0n) is 14.8. The van der Waals surface area contributed by atoms with Crippen LogP contribution >= 0.6 is 22.9 Å². The average molecular weight is 415 g/mol. The highest BCUT2D eigenvalue weighted by molar-refractivity contribution is 7.15. The normalized spacial score (nSPS) is 11.2. The monoisotopic (exact) mass is 414 g/mol. The number of aromatic nitrogens is 5. The lowest BCUT2D eigenvalue weighted by Gasteiger charge is -2.09. The molecule has 3 aromatic heterocycles. The van der Waals surface area contributed by atoms with Crippen molar-refractivity contribution < 1.29 is 4.79 Å². The van der Waals surface area contributed by atoms with E-state index in [1.54, 1.807) is 35.8 Å². The first-order valence-electron chi connectivity index (χ1n) is 8.51. The zero-order valence-corrected chi connectivity index (χ0v) is 16.4. The highest BCUT2D eigenvalue weighted by Crippen LogP contribution is 2.28. The van der Waals surface area contributed by atoms with Gasteiger partial charge in [0.1, 0.15) is 0 Å². The first kappa shape index (κ1) is 18.3. The van der Waals surface area contributed by atoms with E-state index < -0.39 is 11.5 Å². The van der Waals surface area contributed by atoms with Gasteiger partial charge >= 0.3 is 5.91 Å². The molecular weight excluding hydrogens is 400 g/mol. The molecule has 0 spiro atoms. The summed E-state index contributed by atoms with van der Waals surface area (Å²) in [5, 5.41) is 15.4. The Balaban J connectivity index is 1.92. The number of rotatable bonds is 4. The van der Waals surface area contributed by atoms with Crippen LogP contribution in [0.25, 0.3) is 16.5 Å². The number of nitrogens with zero attached hydrogens (tertiary/aromatic N) is 5. The predicted octanol–water partition coefficient (Wildman–Crippen LogP) is 2.92. The van der Waals surface area contributed by atoms with Crippen LogP contribution in [0.1, 0.15) is 29.5 Å². The number of halogens is 1. The Labute approximate surface area is 168 Å². The molecule has 28 heavy (non-hydrogen) atoms. The van der Waals surface area contributed by atoms with Crippen molar-refractivity contribution in [3.05, 3.63) is 62.6 Å². The fourth-order valence-corrected chi connectivity index (χ4v) is 3.78. The third-order valence-electron chi connectivity index (χ3n) is 4.21. The van der Waals surface area contributed by atoms with Gasteiger partial charge in [-0.1, -0.05) is 30.2 Å². The summed E-state index contributed by atoms with van der Waals surface area (Å²) in [4.78, 5) is 26.0. The Bertz CT molecular complexity index is 1240. The van der Waals surface area contributed by atoms with E-state index in [1.165, 1.54) is 11.3 Å². The fraction of sp³-hybridized carbons (Fsp3) is 0.167. The summed E-state index contributed by atoms with van der Waals surface area (Å²) in [5.41, 5.74) is 6.86. The van der Waals surface area contributed by atoms with Gasteiger partial charge in [0.2, 0.25) is 0 Å². The van der Waals surface area contributed by atoms with Crippen molar-refractivity contribution in [2.24, 2.45) is 0 Å². The van der Waals surface area contributed by atoms with Crippen LogP contribution in [-0.4, -0.2) is 30.7 Å². The summed E-state index contributed by atoms with van der Waals surface area (Å²) in [6.07, 6.45) is 3.18. The first-order chi connectivity index (χ1) is 13.5. The van der Waals surface area contributed by atoms with Gasteiger partial charge in [0.25, 0.3) is 5.56 Å². The Morgan fingerprint density at radius 1 is 1.29 bits per heavy atom. The Kier molecular flexibility index (Phi) is 4.70. The van der Waals surface area contributed by atoms with E-state index in [0.29, 0.717) is 33.2 Å². The van der Waals surface area contributed by atoms with Crippen LogP contribution in [0.5, 0.6) is 0 Å². The molecule has 0 fully saturated rings. The van der Waals surface area contributed by atoms with Crippen LogP contribution in [0.2, 0.25) is 5.02 Å². The summed E-state index contributed by atoms with van der Waals surface area (Å²) in [6.45, 7) is 2.02. The molecule has 0 amide bonds. The number of aryl methyl sites for hydroxylation is 1. The molecule has 0 aliphatic rings. The van der Waals surface area contributed by atoms with Crippen molar-refractivity contribution in [3.8, 4) is 5.69 Å². The number of nitrogen functional groups attached to an aromatic ring is 1. The molecule has 0 atom stereocenters. The van der Waals surface area contributed by atoms with Gasteiger partial charge in [-0.05, 0) is 30.7 Å². The largest absolute Gasteiger partial charge is 0.390 e. The van der Waals surface area contributed by atoms with E-state index in [-0.39, 0.29) is 11.1 Å². The van der Waals surface area contributed by atoms with Crippen LogP contribution < -0.4 is 11.3 Å². The van der Waals surface area contributed by atoms with Gasteiger partial charge in [-0.15, -0.1) is 16.4 Å². The van der Waals surface area contributed by atoms with Crippen molar-refractivity contribution in [1.82, 2.24) is 24.8 Å². The molecule has 0 radical (unpaired) electrons. The Morgan fingerprint density at radius 2 is 2.04 bits per heavy atom. The minimum Gasteiger partial charge on any atom is -0.390 e. The maximum absolute atomic E-state index is 13.1. The molecule has 0 unspecified atom stereocenters. The molecule has 142 valence electrons. The summed E-state index contributed by atoms with van der Waals surface area (Å²) >= 11 is 7.12. The number of anilines is 1. The smallest absolute Gasteiger partial charge is 0.300 e. The lowest BCUT2D eigenvalue weighted by Crippen LogP contribution is -2.26. The molecule has 0 bridgehead atoms. The third-order valence-corrected chi connectivity index (χ3v) is 5.27. The van der Waals surface area contributed by atoms with E-state index in [2.05, 4.69) is 15.4 Å². The average Bonchev–Trinajstić information content (AvgIpc) is 3.30. The van der Waals surface area contributed by atoms with Gasteiger partial charge in [-0.3, -0.25) is 9.59 Å². The SMILES string of the molecule is CCCc1cn(C(=O)c2nn(-c3ccc(Cl)cc3)c(=O)c3c(N)scc23)nn1. The van der Waals surface area contributed by atoms with Gasteiger partial charge in [0.05, 0.1) is 28.0 Å². The number of hydrogen-bond acceptors (Lipinski definition) is 7. The van der Waals surface area contributed by atoms with E-state index in [0.717, 1.165) is 15.8 Å². The number of carbonyl (C=O) groups excluding carboxylic acids is 1. The molecule has 0 saturated carbocycles. The highest BCUT2D eigenvalue weighted by atomic mass is 35.5. The number of fused-ring (bicyclic) bond motifs is 1. The van der Waals surface area contributed by atoms with E-state index in [9.17, 15) is 9.59 Å². The molecule has 2 N–H and O–H groups in total. The van der Waals surface area contributed by atoms with Crippen molar-refractivity contribution in [3.63, 3.8) is 0 Å². The lowest BCUT2D eigenvalue weighted by atomic mass is 10.2. The maximum Gasteiger partial charge on any atom is 0.300 e. The molecule has 10 heteroatoms. The summed E-state index contributed by atoms with van der Waals surface area (Å²) < 4.78 is 2.29. The molecule has 3 heterocycles. The molecule has 4 aromatic rings. The second-order valence-electron chi connectivity index (χ2n) is 6.14. The highest BCUT2D eigenvalue weighted by Gasteiger charge is 2.22. The molecule has 4 rings (SSSR count). The van der Waals surface area contributed by atoms with Gasteiger partial charge < -0.3 is 5.73 Å². The zero-order chi connectivity index (χ0) is 19.8. The van der Waals surface area contributed by atoms with Gasteiger partial charge in [0, 0.05) is 15.8 Å². The number of carbonyl (C=O) groups is 1. The maximum atomic E-state index is 13.1. The number of benzene rings is 1. The molecule has 8 nitrogen and oxygen atoms in total. The van der Waals surface area contributed by atoms with Crippen LogP contribution in [0.15, 0.2) is 40.6 Å². The van der Waals surface area contributed by atoms with Gasteiger partial charge in [-0.2, -0.15) is 14.5 Å². The lowest BCUT2D eigenvalue weighted by molar-refractivity contribution is 0.0938. The van der Waals surface area contributed by atoms with Crippen molar-refractivity contribution >= 4 is 44.6 Å². The Morgan fingerprint density at radius 3 is 2.75 bits per heavy atom. The van der Waals surface area contributed by atoms with Crippen LogP contribution in [0.3, 0.4) is 0 Å². The number of nitrogens with two attached hydrogens (primary N) is 1. The van der Waals surface area contributed by atoms with Crippen molar-refractivity contribution in [1.29, 1.82) is 0 Å². The van der Waals surface area contributed by atoms with Crippen molar-refractivity contribution in [2.75, 3.05) is 5.73 Å². The summed E-state index contributed by atoms with van der Waals surface area (Å²) in [5.74, 6) is -0.486. The van der Waals surface area contributed by atoms with E-state index >= 15 is 0 Å². The standard InChI is InChI=1S/C18H15ClN6O2S/c1-2-3-11-8-24(23-21-11)18(27)15-13-9-28-16(20)14(13)17(26)25(22-15)12-6-4-10(19)5-7-12/h4-9H,2-3,20H2,1H3. The molecule has 0 aliphatic heterocycles. The van der Waals surface area contributed by atoms with E-state index in [4.69, 9.17) is 17.3 Å². The first-order valence-corrected chi connectivity index (χ1v) is 9.77. The van der Waals surface area contributed by atoms with E-state index in [1.807, 2.05) is 6.92 Å². The van der Waals surface area contributed by atoms with Crippen molar-refractivity contribution in [2.45, 2.75) is 19.8 Å². The number of thiophene rings is 1. The summed E-state index contributed by atoms with van der Waals surface area (Å²) in [7, 11) is 0. The number of hydrogen-bond donors (Lipinski definition) is 1.